The number of hydrogen-bond acceptors (Lipinski definition) is 2. The van der Waals surface area contributed by atoms with Crippen LogP contribution in [0.2, 0.25) is 0 Å². The van der Waals surface area contributed by atoms with Gasteiger partial charge >= 0.3 is 11.4 Å². The molecule has 0 unspecified atom stereocenters. The molecule has 0 N–H and O–H groups in total. The fraction of sp³-hybridized carbons (Fsp3) is 0.200. The monoisotopic (exact) mass is 836 g/mol. The molecule has 0 atom stereocenters. The van der Waals surface area contributed by atoms with E-state index in [1.807, 2.05) is 60.7 Å². The highest BCUT2D eigenvalue weighted by Gasteiger charge is 2.20. The summed E-state index contributed by atoms with van der Waals surface area (Å²) in [7, 11) is 14.8. The summed E-state index contributed by atoms with van der Waals surface area (Å²) in [5.74, 6) is 0.279. The van der Waals surface area contributed by atoms with Crippen LogP contribution >= 0.6 is 105 Å². The number of ketones is 1. The summed E-state index contributed by atoms with van der Waals surface area (Å²) in [6.07, 6.45) is 2.67. The SMILES string of the molecule is BrCc1ccccc1Br.O=C(Cl)CCc1ccccc1Br.O=C1CCc2c(Br)cccc21.[Cl][Al]([Cl])[Cl]. The van der Waals surface area contributed by atoms with Crippen LogP contribution in [-0.4, -0.2) is 22.4 Å². The van der Waals surface area contributed by atoms with Crippen molar-refractivity contribution in [1.82, 2.24) is 0 Å². The van der Waals surface area contributed by atoms with Crippen molar-refractivity contribution in [2.75, 3.05) is 0 Å². The maximum Gasteiger partial charge on any atom is 0.643 e. The van der Waals surface area contributed by atoms with Crippen LogP contribution in [0.1, 0.15) is 39.9 Å². The van der Waals surface area contributed by atoms with E-state index in [9.17, 15) is 9.59 Å². The van der Waals surface area contributed by atoms with E-state index in [4.69, 9.17) is 41.7 Å². The minimum absolute atomic E-state index is 0.279. The lowest BCUT2D eigenvalue weighted by Gasteiger charge is -2.00. The van der Waals surface area contributed by atoms with Gasteiger partial charge in [0.15, 0.2) is 5.78 Å². The first kappa shape index (κ1) is 34.6. The molecule has 11 heteroatoms. The third-order valence-electron chi connectivity index (χ3n) is 4.67. The largest absolute Gasteiger partial charge is 0.643 e. The first-order chi connectivity index (χ1) is 17.1. The Morgan fingerprint density at radius 3 is 1.72 bits per heavy atom. The van der Waals surface area contributed by atoms with E-state index in [0.29, 0.717) is 19.3 Å². The van der Waals surface area contributed by atoms with Gasteiger partial charge in [0.2, 0.25) is 5.24 Å². The van der Waals surface area contributed by atoms with Gasteiger partial charge < -0.3 is 0 Å². The molecular formula is C25H21AlBr4Cl4O2. The molecule has 3 aromatic rings. The number of aryl methyl sites for hydroxylation is 1. The predicted molar refractivity (Wildman–Crippen MR) is 170 cm³/mol. The summed E-state index contributed by atoms with van der Waals surface area (Å²) >= 11 is 17.1. The maximum atomic E-state index is 11.2. The van der Waals surface area contributed by atoms with Gasteiger partial charge in [-0.2, -0.15) is 0 Å². The zero-order valence-corrected chi connectivity index (χ0v) is 29.3. The van der Waals surface area contributed by atoms with Gasteiger partial charge in [-0.15, -0.1) is 0 Å². The number of benzene rings is 3. The zero-order chi connectivity index (χ0) is 27.1. The topological polar surface area (TPSA) is 34.1 Å². The highest BCUT2D eigenvalue weighted by molar-refractivity contribution is 9.11. The molecule has 0 saturated carbocycles. The van der Waals surface area contributed by atoms with Crippen LogP contribution in [0.3, 0.4) is 0 Å². The lowest BCUT2D eigenvalue weighted by molar-refractivity contribution is -0.111. The molecule has 0 saturated heterocycles. The molecule has 1 aliphatic rings. The molecule has 192 valence electrons. The van der Waals surface area contributed by atoms with Crippen molar-refractivity contribution in [3.8, 4) is 0 Å². The molecule has 36 heavy (non-hydrogen) atoms. The Balaban J connectivity index is 0.000000253. The van der Waals surface area contributed by atoms with Crippen molar-refractivity contribution in [2.24, 2.45) is 0 Å². The first-order valence-electron chi connectivity index (χ1n) is 10.5. The van der Waals surface area contributed by atoms with E-state index in [1.54, 1.807) is 0 Å². The van der Waals surface area contributed by atoms with Gasteiger partial charge in [-0.25, -0.2) is 30.1 Å². The second-order valence-corrected chi connectivity index (χ2v) is 17.1. The molecule has 3 aromatic carbocycles. The van der Waals surface area contributed by atoms with Crippen molar-refractivity contribution in [2.45, 2.75) is 31.0 Å². The smallest absolute Gasteiger partial charge is 0.294 e. The summed E-state index contributed by atoms with van der Waals surface area (Å²) < 4.78 is 3.27. The maximum absolute atomic E-state index is 11.2. The van der Waals surface area contributed by atoms with Gasteiger partial charge in [0.1, 0.15) is 0 Å². The van der Waals surface area contributed by atoms with E-state index < -0.39 is 11.4 Å². The molecule has 0 heterocycles. The van der Waals surface area contributed by atoms with E-state index in [2.05, 4.69) is 69.8 Å². The summed E-state index contributed by atoms with van der Waals surface area (Å²) in [6, 6.07) is 21.8. The standard InChI is InChI=1S/C9H8BrClO.C9H7BrO.C7H6Br2.Al.3ClH/c10-8-4-2-1-3-7(8)5-6-9(11)12;10-8-3-1-2-7-6(8)4-5-9(7)11;8-5-6-3-1-2-4-7(6)9;;;;/h1-4H,5-6H2;1-3H,4-5H2;1-4H,5H2;;3*1H/q;;;+3;;;/p-3. The number of carbonyl (C=O) groups excluding carboxylic acids is 2. The summed E-state index contributed by atoms with van der Waals surface area (Å²) in [6.45, 7) is 0. The van der Waals surface area contributed by atoms with Gasteiger partial charge in [-0.05, 0) is 59.3 Å². The van der Waals surface area contributed by atoms with Gasteiger partial charge in [-0.3, -0.25) is 9.59 Å². The third-order valence-corrected chi connectivity index (χ3v) is 7.76. The highest BCUT2D eigenvalue weighted by Crippen LogP contribution is 2.28. The van der Waals surface area contributed by atoms with Gasteiger partial charge in [-0.1, -0.05) is 112 Å². The molecule has 0 aliphatic heterocycles. The Morgan fingerprint density at radius 2 is 1.28 bits per heavy atom. The Labute approximate surface area is 267 Å². The zero-order valence-electron chi connectivity index (χ0n) is 18.8. The lowest BCUT2D eigenvalue weighted by Crippen LogP contribution is -1.91. The van der Waals surface area contributed by atoms with Gasteiger partial charge in [0, 0.05) is 37.2 Å². The number of halogens is 8. The lowest BCUT2D eigenvalue weighted by atomic mass is 10.1. The molecule has 0 amide bonds. The highest BCUT2D eigenvalue weighted by atomic mass is 79.9. The molecule has 0 aromatic heterocycles. The number of alkyl halides is 1. The second kappa shape index (κ2) is 19.6. The molecule has 2 nitrogen and oxygen atoms in total. The van der Waals surface area contributed by atoms with Gasteiger partial charge in [0.25, 0.3) is 0 Å². The number of Topliss-reactive ketones (excluding diaryl/α,β-unsaturated/α-hetero) is 1. The van der Waals surface area contributed by atoms with E-state index in [1.165, 1.54) is 15.6 Å². The minimum atomic E-state index is -1.72. The van der Waals surface area contributed by atoms with Crippen molar-refractivity contribution in [3.63, 3.8) is 0 Å². The van der Waals surface area contributed by atoms with Crippen molar-refractivity contribution in [1.29, 1.82) is 0 Å². The van der Waals surface area contributed by atoms with Crippen LogP contribution in [0.25, 0.3) is 0 Å². The Kier molecular flexibility index (Phi) is 18.9. The molecule has 0 spiro atoms. The van der Waals surface area contributed by atoms with Crippen LogP contribution in [0.4, 0.5) is 0 Å². The molecule has 1 aliphatic carbocycles. The number of hydrogen-bond donors (Lipinski definition) is 0. The number of rotatable bonds is 4. The first-order valence-corrected chi connectivity index (χ1v) is 19.6. The normalized spacial score (nSPS) is 11.1. The van der Waals surface area contributed by atoms with E-state index in [0.717, 1.165) is 31.8 Å². The van der Waals surface area contributed by atoms with Crippen LogP contribution in [-0.2, 0) is 23.0 Å². The fourth-order valence-corrected chi connectivity index (χ4v) is 5.42. The van der Waals surface area contributed by atoms with Crippen molar-refractivity contribution in [3.05, 3.63) is 102 Å². The quantitative estimate of drug-likeness (QED) is 0.149. The fourth-order valence-electron chi connectivity index (χ4n) is 2.99. The Bertz CT molecular complexity index is 1130. The van der Waals surface area contributed by atoms with E-state index >= 15 is 0 Å². The molecule has 0 radical (unpaired) electrons. The van der Waals surface area contributed by atoms with Crippen LogP contribution in [0.15, 0.2) is 80.1 Å². The average Bonchev–Trinajstić information content (AvgIpc) is 3.21. The molecule has 0 bridgehead atoms. The van der Waals surface area contributed by atoms with Crippen LogP contribution in [0.5, 0.6) is 0 Å². The Hall–Kier alpha value is 0.612. The van der Waals surface area contributed by atoms with Crippen LogP contribution < -0.4 is 0 Å². The summed E-state index contributed by atoms with van der Waals surface area (Å²) in [5, 5.41) is 0.625. The van der Waals surface area contributed by atoms with Crippen LogP contribution in [0, 0.1) is 0 Å². The molecule has 4 rings (SSSR count). The minimum Gasteiger partial charge on any atom is -0.294 e. The summed E-state index contributed by atoms with van der Waals surface area (Å²) in [5.41, 5.74) is 4.49. The number of carbonyl (C=O) groups is 2. The Morgan fingerprint density at radius 1 is 0.778 bits per heavy atom. The molecular weight excluding hydrogens is 821 g/mol. The van der Waals surface area contributed by atoms with E-state index in [-0.39, 0.29) is 11.0 Å². The third kappa shape index (κ3) is 14.1. The second-order valence-electron chi connectivity index (χ2n) is 7.11. The number of fused-ring (bicyclic) bond motifs is 1. The van der Waals surface area contributed by atoms with Gasteiger partial charge in [0.05, 0.1) is 0 Å². The predicted octanol–water partition coefficient (Wildman–Crippen LogP) is 10.8. The summed E-state index contributed by atoms with van der Waals surface area (Å²) in [4.78, 5) is 21.7. The average molecular weight is 842 g/mol. The van der Waals surface area contributed by atoms with Crippen molar-refractivity contribution >= 4 is 128 Å². The van der Waals surface area contributed by atoms with Crippen molar-refractivity contribution < 1.29 is 9.59 Å². The molecule has 0 fully saturated rings.